The molecule has 0 saturated heterocycles. The minimum Gasteiger partial charge on any atom is -0.379 e. The molecule has 0 heterocycles. The lowest BCUT2D eigenvalue weighted by molar-refractivity contribution is -0.115. The zero-order chi connectivity index (χ0) is 15.7. The minimum atomic E-state index is -0.118. The van der Waals surface area contributed by atoms with Crippen molar-refractivity contribution >= 4 is 17.5 Å². The summed E-state index contributed by atoms with van der Waals surface area (Å²) in [5.74, 6) is -0.162. The molecule has 1 aromatic rings. The molecule has 0 saturated carbocycles. The third-order valence-electron chi connectivity index (χ3n) is 2.81. The monoisotopic (exact) mass is 292 g/mol. The van der Waals surface area contributed by atoms with Gasteiger partial charge in [0.25, 0.3) is 5.91 Å². The molecule has 0 fully saturated rings. The second-order valence-corrected chi connectivity index (χ2v) is 5.01. The molecule has 0 atom stereocenters. The van der Waals surface area contributed by atoms with Crippen LogP contribution in [0.1, 0.15) is 44.0 Å². The maximum Gasteiger partial charge on any atom is 0.251 e. The first-order chi connectivity index (χ1) is 10.0. The van der Waals surface area contributed by atoms with Crippen LogP contribution in [0.25, 0.3) is 0 Å². The molecular weight excluding hydrogens is 268 g/mol. The first-order valence-electron chi connectivity index (χ1n) is 7.32. The first-order valence-corrected chi connectivity index (χ1v) is 7.32. The van der Waals surface area contributed by atoms with Crippen LogP contribution in [0.5, 0.6) is 0 Å². The highest BCUT2D eigenvalue weighted by Crippen LogP contribution is 2.09. The van der Waals surface area contributed by atoms with E-state index in [1.807, 2.05) is 13.8 Å². The summed E-state index contributed by atoms with van der Waals surface area (Å²) in [6, 6.07) is 6.85. The molecule has 5 nitrogen and oxygen atoms in total. The van der Waals surface area contributed by atoms with E-state index in [9.17, 15) is 9.59 Å². The van der Waals surface area contributed by atoms with Gasteiger partial charge in [-0.05, 0) is 44.5 Å². The third-order valence-corrected chi connectivity index (χ3v) is 2.81. The number of hydrogen-bond acceptors (Lipinski definition) is 3. The summed E-state index contributed by atoms with van der Waals surface area (Å²) in [5, 5.41) is 5.58. The van der Waals surface area contributed by atoms with Gasteiger partial charge in [-0.3, -0.25) is 9.59 Å². The van der Waals surface area contributed by atoms with E-state index >= 15 is 0 Å². The molecule has 5 heteroatoms. The Kier molecular flexibility index (Phi) is 7.46. The Morgan fingerprint density at radius 2 is 1.86 bits per heavy atom. The van der Waals surface area contributed by atoms with Gasteiger partial charge in [-0.2, -0.15) is 0 Å². The van der Waals surface area contributed by atoms with Crippen LogP contribution in [-0.4, -0.2) is 31.1 Å². The fourth-order valence-electron chi connectivity index (χ4n) is 1.65. The quantitative estimate of drug-likeness (QED) is 0.724. The van der Waals surface area contributed by atoms with Gasteiger partial charge in [-0.15, -0.1) is 0 Å². The van der Waals surface area contributed by atoms with Crippen molar-refractivity contribution in [3.63, 3.8) is 0 Å². The van der Waals surface area contributed by atoms with Crippen LogP contribution in [0.2, 0.25) is 0 Å². The van der Waals surface area contributed by atoms with Crippen LogP contribution in [0.4, 0.5) is 5.69 Å². The van der Waals surface area contributed by atoms with Crippen LogP contribution < -0.4 is 10.6 Å². The molecule has 2 N–H and O–H groups in total. The molecule has 0 aromatic heterocycles. The number of anilines is 1. The summed E-state index contributed by atoms with van der Waals surface area (Å²) < 4.78 is 5.40. The SMILES string of the molecule is CCC(=O)Nc1ccc(C(=O)NCCCOC(C)C)cc1. The van der Waals surface area contributed by atoms with E-state index in [1.54, 1.807) is 31.2 Å². The smallest absolute Gasteiger partial charge is 0.251 e. The average molecular weight is 292 g/mol. The van der Waals surface area contributed by atoms with E-state index in [-0.39, 0.29) is 17.9 Å². The van der Waals surface area contributed by atoms with Crippen molar-refractivity contribution in [2.75, 3.05) is 18.5 Å². The summed E-state index contributed by atoms with van der Waals surface area (Å²) in [7, 11) is 0. The van der Waals surface area contributed by atoms with E-state index in [0.717, 1.165) is 6.42 Å². The van der Waals surface area contributed by atoms with Crippen molar-refractivity contribution in [3.8, 4) is 0 Å². The maximum atomic E-state index is 11.9. The van der Waals surface area contributed by atoms with Gasteiger partial charge < -0.3 is 15.4 Å². The average Bonchev–Trinajstić information content (AvgIpc) is 2.47. The summed E-state index contributed by atoms with van der Waals surface area (Å²) >= 11 is 0. The van der Waals surface area contributed by atoms with E-state index < -0.39 is 0 Å². The van der Waals surface area contributed by atoms with Crippen molar-refractivity contribution in [3.05, 3.63) is 29.8 Å². The second kappa shape index (κ2) is 9.13. The molecule has 1 aromatic carbocycles. The van der Waals surface area contributed by atoms with Crippen LogP contribution in [-0.2, 0) is 9.53 Å². The Morgan fingerprint density at radius 1 is 1.19 bits per heavy atom. The summed E-state index contributed by atoms with van der Waals surface area (Å²) in [6.07, 6.45) is 1.43. The lowest BCUT2D eigenvalue weighted by Gasteiger charge is -2.09. The lowest BCUT2D eigenvalue weighted by Crippen LogP contribution is -2.25. The molecule has 0 unspecified atom stereocenters. The number of nitrogens with one attached hydrogen (secondary N) is 2. The van der Waals surface area contributed by atoms with Gasteiger partial charge in [0.1, 0.15) is 0 Å². The zero-order valence-electron chi connectivity index (χ0n) is 12.9. The highest BCUT2D eigenvalue weighted by molar-refractivity contribution is 5.95. The van der Waals surface area contributed by atoms with Crippen LogP contribution in [0.3, 0.4) is 0 Å². The van der Waals surface area contributed by atoms with Crippen molar-refractivity contribution in [2.45, 2.75) is 39.7 Å². The fourth-order valence-corrected chi connectivity index (χ4v) is 1.65. The summed E-state index contributed by atoms with van der Waals surface area (Å²) in [5.41, 5.74) is 1.28. The number of amides is 2. The van der Waals surface area contributed by atoms with Gasteiger partial charge in [-0.1, -0.05) is 6.92 Å². The Bertz CT molecular complexity index is 455. The van der Waals surface area contributed by atoms with Crippen molar-refractivity contribution in [1.82, 2.24) is 5.32 Å². The van der Waals surface area contributed by atoms with Gasteiger partial charge in [0.05, 0.1) is 6.10 Å². The van der Waals surface area contributed by atoms with Gasteiger partial charge in [0, 0.05) is 30.8 Å². The van der Waals surface area contributed by atoms with Crippen molar-refractivity contribution in [1.29, 1.82) is 0 Å². The highest BCUT2D eigenvalue weighted by atomic mass is 16.5. The maximum absolute atomic E-state index is 11.9. The van der Waals surface area contributed by atoms with Crippen LogP contribution >= 0.6 is 0 Å². The number of ether oxygens (including phenoxy) is 1. The Labute approximate surface area is 126 Å². The zero-order valence-corrected chi connectivity index (χ0v) is 12.9. The van der Waals surface area contributed by atoms with E-state index in [2.05, 4.69) is 10.6 Å². The Hall–Kier alpha value is -1.88. The summed E-state index contributed by atoms with van der Waals surface area (Å²) in [4.78, 5) is 23.1. The number of carbonyl (C=O) groups excluding carboxylic acids is 2. The molecule has 1 rings (SSSR count). The predicted octanol–water partition coefficient (Wildman–Crippen LogP) is 2.58. The van der Waals surface area contributed by atoms with E-state index in [1.165, 1.54) is 0 Å². The molecule has 0 aliphatic heterocycles. The van der Waals surface area contributed by atoms with Gasteiger partial charge in [0.15, 0.2) is 0 Å². The first kappa shape index (κ1) is 17.2. The topological polar surface area (TPSA) is 67.4 Å². The highest BCUT2D eigenvalue weighted by Gasteiger charge is 2.05. The minimum absolute atomic E-state index is 0.0441. The molecule has 0 aliphatic rings. The molecule has 2 amide bonds. The van der Waals surface area contributed by atoms with Gasteiger partial charge in [0.2, 0.25) is 5.91 Å². The molecule has 0 radical (unpaired) electrons. The standard InChI is InChI=1S/C16H24N2O3/c1-4-15(19)18-14-8-6-13(7-9-14)16(20)17-10-5-11-21-12(2)3/h6-9,12H,4-5,10-11H2,1-3H3,(H,17,20)(H,18,19). The Balaban J connectivity index is 2.36. The van der Waals surface area contributed by atoms with E-state index in [0.29, 0.717) is 30.8 Å². The molecule has 0 aliphatic carbocycles. The number of benzene rings is 1. The number of carbonyl (C=O) groups is 2. The second-order valence-electron chi connectivity index (χ2n) is 5.01. The predicted molar refractivity (Wildman–Crippen MR) is 83.4 cm³/mol. The molecule has 21 heavy (non-hydrogen) atoms. The third kappa shape index (κ3) is 6.90. The molecule has 116 valence electrons. The fraction of sp³-hybridized carbons (Fsp3) is 0.500. The number of rotatable bonds is 8. The van der Waals surface area contributed by atoms with Crippen molar-refractivity contribution < 1.29 is 14.3 Å². The molecule has 0 spiro atoms. The Morgan fingerprint density at radius 3 is 2.43 bits per heavy atom. The van der Waals surface area contributed by atoms with Crippen LogP contribution in [0.15, 0.2) is 24.3 Å². The van der Waals surface area contributed by atoms with Crippen molar-refractivity contribution in [2.24, 2.45) is 0 Å². The largest absolute Gasteiger partial charge is 0.379 e. The van der Waals surface area contributed by atoms with Crippen LogP contribution in [0, 0.1) is 0 Å². The summed E-state index contributed by atoms with van der Waals surface area (Å²) in [6.45, 7) is 6.98. The van der Waals surface area contributed by atoms with E-state index in [4.69, 9.17) is 4.74 Å². The lowest BCUT2D eigenvalue weighted by atomic mass is 10.2. The van der Waals surface area contributed by atoms with Gasteiger partial charge in [-0.25, -0.2) is 0 Å². The molecular formula is C16H24N2O3. The normalized spacial score (nSPS) is 10.5. The number of hydrogen-bond donors (Lipinski definition) is 2. The van der Waals surface area contributed by atoms with Gasteiger partial charge >= 0.3 is 0 Å². The molecule has 0 bridgehead atoms.